The summed E-state index contributed by atoms with van der Waals surface area (Å²) in [4.78, 5) is 26.3. The van der Waals surface area contributed by atoms with Crippen LogP contribution in [-0.2, 0) is 9.53 Å². The van der Waals surface area contributed by atoms with Gasteiger partial charge in [-0.05, 0) is 30.9 Å². The van der Waals surface area contributed by atoms with Crippen LogP contribution in [0.3, 0.4) is 0 Å². The Morgan fingerprint density at radius 1 is 1.12 bits per heavy atom. The summed E-state index contributed by atoms with van der Waals surface area (Å²) in [6, 6.07) is 13.7. The second-order valence-corrected chi connectivity index (χ2v) is 10.1. The van der Waals surface area contributed by atoms with Crippen LogP contribution in [0.25, 0.3) is 21.8 Å². The fourth-order valence-corrected chi connectivity index (χ4v) is 5.84. The van der Waals surface area contributed by atoms with Crippen molar-refractivity contribution >= 4 is 51.3 Å². The molecule has 1 aromatic carbocycles. The van der Waals surface area contributed by atoms with Crippen molar-refractivity contribution in [2.75, 3.05) is 18.2 Å². The van der Waals surface area contributed by atoms with Crippen LogP contribution in [0.15, 0.2) is 58.4 Å². The van der Waals surface area contributed by atoms with Crippen molar-refractivity contribution in [3.05, 3.63) is 58.8 Å². The van der Waals surface area contributed by atoms with Gasteiger partial charge in [0, 0.05) is 17.0 Å². The highest BCUT2D eigenvalue weighted by molar-refractivity contribution is 7.99. The first-order valence-electron chi connectivity index (χ1n) is 10.2. The Bertz CT molecular complexity index is 1250. The van der Waals surface area contributed by atoms with Gasteiger partial charge in [-0.3, -0.25) is 9.36 Å². The Morgan fingerprint density at radius 2 is 1.91 bits per heavy atom. The van der Waals surface area contributed by atoms with Gasteiger partial charge in [0.2, 0.25) is 5.91 Å². The molecule has 7 nitrogen and oxygen atoms in total. The highest BCUT2D eigenvalue weighted by Gasteiger charge is 2.23. The van der Waals surface area contributed by atoms with Crippen molar-refractivity contribution < 1.29 is 14.3 Å². The van der Waals surface area contributed by atoms with Crippen LogP contribution >= 0.6 is 34.4 Å². The van der Waals surface area contributed by atoms with Crippen LogP contribution in [0.1, 0.15) is 30.2 Å². The van der Waals surface area contributed by atoms with E-state index in [9.17, 15) is 9.59 Å². The minimum Gasteiger partial charge on any atom is -0.465 e. The van der Waals surface area contributed by atoms with Crippen molar-refractivity contribution in [3.63, 3.8) is 0 Å². The maximum absolute atomic E-state index is 12.8. The van der Waals surface area contributed by atoms with E-state index in [1.165, 1.54) is 30.2 Å². The molecule has 33 heavy (non-hydrogen) atoms. The van der Waals surface area contributed by atoms with Crippen molar-refractivity contribution in [2.24, 2.45) is 0 Å². The number of thioether (sulfide) groups is 1. The van der Waals surface area contributed by atoms with Crippen molar-refractivity contribution in [2.45, 2.75) is 25.0 Å². The number of esters is 1. The molecule has 0 aliphatic heterocycles. The van der Waals surface area contributed by atoms with Gasteiger partial charge in [-0.25, -0.2) is 4.79 Å². The van der Waals surface area contributed by atoms with Gasteiger partial charge in [-0.1, -0.05) is 48.2 Å². The predicted molar refractivity (Wildman–Crippen MR) is 134 cm³/mol. The smallest absolute Gasteiger partial charge is 0.341 e. The van der Waals surface area contributed by atoms with Crippen LogP contribution in [0.2, 0.25) is 0 Å². The number of nitrogens with one attached hydrogen (secondary N) is 1. The average molecular weight is 499 g/mol. The number of hydrogen-bond acceptors (Lipinski definition) is 8. The lowest BCUT2D eigenvalue weighted by Gasteiger charge is -2.13. The molecule has 0 fully saturated rings. The fraction of sp³-hybridized carbons (Fsp3) is 0.217. The summed E-state index contributed by atoms with van der Waals surface area (Å²) in [5, 5.41) is 16.5. The number of carbonyl (C=O) groups is 2. The number of benzene rings is 1. The van der Waals surface area contributed by atoms with E-state index >= 15 is 0 Å². The van der Waals surface area contributed by atoms with Gasteiger partial charge in [0.25, 0.3) is 0 Å². The van der Waals surface area contributed by atoms with E-state index in [0.29, 0.717) is 15.7 Å². The van der Waals surface area contributed by atoms with Crippen molar-refractivity contribution in [3.8, 4) is 21.8 Å². The summed E-state index contributed by atoms with van der Waals surface area (Å²) in [7, 11) is 1.33. The molecule has 0 atom stereocenters. The number of ether oxygens (including phenoxy) is 1. The summed E-state index contributed by atoms with van der Waals surface area (Å²) in [6.45, 7) is 4.12. The third-order valence-corrected chi connectivity index (χ3v) is 7.48. The van der Waals surface area contributed by atoms with Crippen LogP contribution in [0.5, 0.6) is 0 Å². The summed E-state index contributed by atoms with van der Waals surface area (Å²) in [6.07, 6.45) is 0. The highest BCUT2D eigenvalue weighted by atomic mass is 32.2. The first kappa shape index (κ1) is 23.2. The van der Waals surface area contributed by atoms with Gasteiger partial charge in [0.05, 0.1) is 17.7 Å². The van der Waals surface area contributed by atoms with Gasteiger partial charge in [0.15, 0.2) is 11.0 Å². The van der Waals surface area contributed by atoms with Crippen molar-refractivity contribution in [1.29, 1.82) is 0 Å². The molecule has 1 amide bonds. The van der Waals surface area contributed by atoms with Crippen LogP contribution in [-0.4, -0.2) is 39.5 Å². The molecule has 170 valence electrons. The molecule has 4 rings (SSSR count). The van der Waals surface area contributed by atoms with Crippen LogP contribution in [0, 0.1) is 0 Å². The Balaban J connectivity index is 1.51. The minimum atomic E-state index is -0.488. The zero-order valence-corrected chi connectivity index (χ0v) is 20.7. The molecule has 0 aliphatic carbocycles. The zero-order valence-electron chi connectivity index (χ0n) is 18.3. The maximum Gasteiger partial charge on any atom is 0.341 e. The largest absolute Gasteiger partial charge is 0.465 e. The lowest BCUT2D eigenvalue weighted by atomic mass is 10.0. The Kier molecular flexibility index (Phi) is 7.26. The van der Waals surface area contributed by atoms with Gasteiger partial charge in [0.1, 0.15) is 10.6 Å². The third-order valence-electron chi connectivity index (χ3n) is 4.77. The fourth-order valence-electron chi connectivity index (χ4n) is 3.29. The molecule has 0 saturated carbocycles. The number of methoxy groups -OCH3 is 1. The summed E-state index contributed by atoms with van der Waals surface area (Å²) >= 11 is 4.22. The average Bonchev–Trinajstić information content (AvgIpc) is 3.57. The van der Waals surface area contributed by atoms with E-state index in [1.54, 1.807) is 11.3 Å². The van der Waals surface area contributed by atoms with Gasteiger partial charge < -0.3 is 10.1 Å². The Labute approximate surface area is 203 Å². The third kappa shape index (κ3) is 5.02. The zero-order chi connectivity index (χ0) is 23.4. The first-order chi connectivity index (χ1) is 16.0. The SMILES string of the molecule is COC(=O)c1c(-c2ccccc2)csc1NC(=O)CSc1nnc(-c2cccs2)n1C(C)C. The van der Waals surface area contributed by atoms with Crippen LogP contribution < -0.4 is 5.32 Å². The Morgan fingerprint density at radius 3 is 2.58 bits per heavy atom. The van der Waals surface area contributed by atoms with Crippen molar-refractivity contribution in [1.82, 2.24) is 14.8 Å². The molecule has 3 aromatic heterocycles. The van der Waals surface area contributed by atoms with E-state index < -0.39 is 5.97 Å². The number of hydrogen-bond donors (Lipinski definition) is 1. The molecular weight excluding hydrogens is 476 g/mol. The molecular formula is C23H22N4O3S3. The quantitative estimate of drug-likeness (QED) is 0.243. The summed E-state index contributed by atoms with van der Waals surface area (Å²) < 4.78 is 7.01. The standard InChI is InChI=1S/C23H22N4O3S3/c1-14(2)27-20(17-10-7-11-31-17)25-26-23(27)33-13-18(28)24-21-19(22(29)30-3)16(12-32-21)15-8-5-4-6-9-15/h4-12,14H,13H2,1-3H3,(H,24,28). The summed E-state index contributed by atoms with van der Waals surface area (Å²) in [5.74, 6) is 0.205. The van der Waals surface area contributed by atoms with Gasteiger partial charge >= 0.3 is 5.97 Å². The second kappa shape index (κ2) is 10.3. The number of rotatable bonds is 8. The first-order valence-corrected chi connectivity index (χ1v) is 12.9. The number of thiophene rings is 2. The monoisotopic (exact) mass is 498 g/mol. The Hall–Kier alpha value is -2.95. The molecule has 0 aliphatic rings. The number of aromatic nitrogens is 3. The van der Waals surface area contributed by atoms with Gasteiger partial charge in [-0.2, -0.15) is 0 Å². The van der Waals surface area contributed by atoms with E-state index in [1.807, 2.05) is 57.8 Å². The molecule has 0 saturated heterocycles. The molecule has 1 N–H and O–H groups in total. The van der Waals surface area contributed by atoms with E-state index in [4.69, 9.17) is 4.74 Å². The lowest BCUT2D eigenvalue weighted by Crippen LogP contribution is -2.16. The van der Waals surface area contributed by atoms with E-state index in [2.05, 4.69) is 29.4 Å². The minimum absolute atomic E-state index is 0.133. The molecule has 4 aromatic rings. The number of nitrogens with zero attached hydrogens (tertiary/aromatic N) is 3. The topological polar surface area (TPSA) is 86.1 Å². The molecule has 10 heteroatoms. The number of anilines is 1. The summed E-state index contributed by atoms with van der Waals surface area (Å²) in [5.41, 5.74) is 1.98. The maximum atomic E-state index is 12.8. The van der Waals surface area contributed by atoms with Gasteiger partial charge in [-0.15, -0.1) is 32.9 Å². The number of amides is 1. The molecule has 0 unspecified atom stereocenters. The molecule has 0 bridgehead atoms. The van der Waals surface area contributed by atoms with Crippen LogP contribution in [0.4, 0.5) is 5.00 Å². The molecule has 0 spiro atoms. The normalized spacial score (nSPS) is 11.0. The lowest BCUT2D eigenvalue weighted by molar-refractivity contribution is -0.113. The number of carbonyl (C=O) groups excluding carboxylic acids is 2. The molecule has 3 heterocycles. The predicted octanol–water partition coefficient (Wildman–Crippen LogP) is 5.83. The second-order valence-electron chi connectivity index (χ2n) is 7.30. The van der Waals surface area contributed by atoms with E-state index in [0.717, 1.165) is 21.8 Å². The molecule has 0 radical (unpaired) electrons. The van der Waals surface area contributed by atoms with E-state index in [-0.39, 0.29) is 17.7 Å². The highest BCUT2D eigenvalue weighted by Crippen LogP contribution is 2.36.